The van der Waals surface area contributed by atoms with E-state index >= 15 is 0 Å². The molecule has 2 fully saturated rings. The Morgan fingerprint density at radius 2 is 2.03 bits per heavy atom. The lowest BCUT2D eigenvalue weighted by Crippen LogP contribution is -2.39. The number of carbonyl (C=O) groups excluding carboxylic acids is 2. The molecule has 2 amide bonds. The Morgan fingerprint density at radius 1 is 1.17 bits per heavy atom. The van der Waals surface area contributed by atoms with E-state index in [0.29, 0.717) is 30.9 Å². The topological polar surface area (TPSA) is 84.7 Å². The molecule has 0 radical (unpaired) electrons. The second kappa shape index (κ2) is 7.48. The second-order valence-electron chi connectivity index (χ2n) is 7.75. The van der Waals surface area contributed by atoms with Gasteiger partial charge >= 0.3 is 0 Å². The molecule has 4 heterocycles. The van der Waals surface area contributed by atoms with E-state index in [0.717, 1.165) is 41.5 Å². The molecule has 0 unspecified atom stereocenters. The highest BCUT2D eigenvalue weighted by atomic mass is 16.5. The number of pyridine rings is 1. The first-order valence-corrected chi connectivity index (χ1v) is 10.2. The number of aromatic nitrogens is 1. The molecule has 0 bridgehead atoms. The van der Waals surface area contributed by atoms with Crippen molar-refractivity contribution in [3.05, 3.63) is 36.1 Å². The molecule has 7 nitrogen and oxygen atoms in total. The first-order chi connectivity index (χ1) is 14.2. The smallest absolute Gasteiger partial charge is 0.234 e. The molecule has 1 aromatic carbocycles. The van der Waals surface area contributed by atoms with Crippen molar-refractivity contribution in [2.24, 2.45) is 0 Å². The summed E-state index contributed by atoms with van der Waals surface area (Å²) in [5, 5.41) is 4.23. The van der Waals surface area contributed by atoms with Gasteiger partial charge in [0.1, 0.15) is 12.2 Å². The van der Waals surface area contributed by atoms with Crippen molar-refractivity contribution >= 4 is 33.7 Å². The van der Waals surface area contributed by atoms with Crippen LogP contribution in [0.5, 0.6) is 5.88 Å². The Balaban J connectivity index is 1.42. The van der Waals surface area contributed by atoms with E-state index in [9.17, 15) is 9.59 Å². The van der Waals surface area contributed by atoms with Crippen molar-refractivity contribution in [3.8, 4) is 5.88 Å². The van der Waals surface area contributed by atoms with Gasteiger partial charge in [0, 0.05) is 35.4 Å². The third kappa shape index (κ3) is 3.46. The quantitative estimate of drug-likeness (QED) is 0.671. The number of nitrogens with zero attached hydrogens (tertiary/aromatic N) is 2. The van der Waals surface area contributed by atoms with Gasteiger partial charge in [-0.3, -0.25) is 19.8 Å². The van der Waals surface area contributed by atoms with Crippen molar-refractivity contribution < 1.29 is 18.7 Å². The second-order valence-corrected chi connectivity index (χ2v) is 7.75. The number of nitrogens with one attached hydrogen (secondary N) is 1. The third-order valence-electron chi connectivity index (χ3n) is 5.88. The summed E-state index contributed by atoms with van der Waals surface area (Å²) in [6.45, 7) is 3.83. The summed E-state index contributed by atoms with van der Waals surface area (Å²) in [7, 11) is 0. The number of amides is 2. The number of furan rings is 1. The average molecular weight is 393 g/mol. The van der Waals surface area contributed by atoms with Gasteiger partial charge in [-0.1, -0.05) is 0 Å². The number of hydrogen-bond donors (Lipinski definition) is 1. The van der Waals surface area contributed by atoms with Crippen LogP contribution in [-0.2, 0) is 9.59 Å². The summed E-state index contributed by atoms with van der Waals surface area (Å²) in [5.41, 5.74) is 2.31. The van der Waals surface area contributed by atoms with Crippen molar-refractivity contribution in [1.82, 2.24) is 15.2 Å². The van der Waals surface area contributed by atoms with Gasteiger partial charge in [0.15, 0.2) is 0 Å². The normalized spacial score (nSPS) is 20.5. The fraction of sp³-hybridized carbons (Fsp3) is 0.409. The van der Waals surface area contributed by atoms with Crippen molar-refractivity contribution in [3.63, 3.8) is 0 Å². The highest BCUT2D eigenvalue weighted by molar-refractivity contribution is 6.09. The van der Waals surface area contributed by atoms with Crippen LogP contribution in [0.3, 0.4) is 0 Å². The van der Waals surface area contributed by atoms with E-state index in [-0.39, 0.29) is 11.8 Å². The van der Waals surface area contributed by atoms with E-state index in [4.69, 9.17) is 9.15 Å². The number of imide groups is 1. The zero-order valence-corrected chi connectivity index (χ0v) is 16.1. The average Bonchev–Trinajstić information content (AvgIpc) is 3.38. The molecule has 5 rings (SSSR count). The lowest BCUT2D eigenvalue weighted by molar-refractivity contribution is -0.134. The van der Waals surface area contributed by atoms with Crippen molar-refractivity contribution in [2.45, 2.75) is 31.6 Å². The minimum atomic E-state index is -0.393. The Hall–Kier alpha value is -2.93. The molecule has 1 N–H and O–H groups in total. The molecule has 7 heteroatoms. The summed E-state index contributed by atoms with van der Waals surface area (Å²) < 4.78 is 11.6. The van der Waals surface area contributed by atoms with Gasteiger partial charge in [0.2, 0.25) is 17.7 Å². The molecule has 3 aromatic rings. The molecule has 2 aliphatic heterocycles. The van der Waals surface area contributed by atoms with E-state index in [1.807, 2.05) is 24.3 Å². The molecule has 150 valence electrons. The molecule has 2 aliphatic rings. The van der Waals surface area contributed by atoms with Gasteiger partial charge in [-0.15, -0.1) is 0 Å². The Bertz CT molecular complexity index is 1080. The Kier molecular flexibility index (Phi) is 4.67. The predicted molar refractivity (Wildman–Crippen MR) is 108 cm³/mol. The zero-order chi connectivity index (χ0) is 19.8. The molecule has 2 aromatic heterocycles. The lowest BCUT2D eigenvalue weighted by atomic mass is 9.89. The standard InChI is InChI=1S/C22H23N3O4/c26-19-7-3-14(22(27)24-19)16-13-29-18-6-5-17-15(21(16)18)4-8-20(23-17)28-12-11-25-9-1-2-10-25/h4-6,8,13-14H,1-3,7,9-12H2,(H,24,26,27)/t14-/m1/s1. The fourth-order valence-corrected chi connectivity index (χ4v) is 4.36. The van der Waals surface area contributed by atoms with Crippen LogP contribution in [0, 0.1) is 0 Å². The van der Waals surface area contributed by atoms with Gasteiger partial charge in [-0.25, -0.2) is 4.98 Å². The van der Waals surface area contributed by atoms with E-state index in [1.165, 1.54) is 12.8 Å². The van der Waals surface area contributed by atoms with Crippen LogP contribution >= 0.6 is 0 Å². The molecule has 0 spiro atoms. The van der Waals surface area contributed by atoms with E-state index in [2.05, 4.69) is 15.2 Å². The lowest BCUT2D eigenvalue weighted by Gasteiger charge is -2.20. The van der Waals surface area contributed by atoms with Gasteiger partial charge in [-0.2, -0.15) is 0 Å². The number of carbonyl (C=O) groups is 2. The Labute approximate surface area is 168 Å². The first-order valence-electron chi connectivity index (χ1n) is 10.2. The van der Waals surface area contributed by atoms with Crippen molar-refractivity contribution in [2.75, 3.05) is 26.2 Å². The van der Waals surface area contributed by atoms with Gasteiger partial charge in [-0.05, 0) is 50.6 Å². The number of ether oxygens (including phenoxy) is 1. The maximum absolute atomic E-state index is 12.4. The molecule has 0 saturated carbocycles. The van der Waals surface area contributed by atoms with E-state index < -0.39 is 5.92 Å². The van der Waals surface area contributed by atoms with Crippen LogP contribution in [0.15, 0.2) is 34.9 Å². The maximum atomic E-state index is 12.4. The van der Waals surface area contributed by atoms with Crippen LogP contribution in [0.25, 0.3) is 21.9 Å². The largest absolute Gasteiger partial charge is 0.476 e. The Morgan fingerprint density at radius 3 is 2.86 bits per heavy atom. The number of fused-ring (bicyclic) bond motifs is 3. The summed E-state index contributed by atoms with van der Waals surface area (Å²) in [4.78, 5) is 30.9. The first kappa shape index (κ1) is 18.1. The number of hydrogen-bond acceptors (Lipinski definition) is 6. The van der Waals surface area contributed by atoms with Crippen LogP contribution < -0.4 is 10.1 Å². The number of likely N-dealkylation sites (tertiary alicyclic amines) is 1. The number of rotatable bonds is 5. The molecular weight excluding hydrogens is 370 g/mol. The third-order valence-corrected chi connectivity index (χ3v) is 5.88. The van der Waals surface area contributed by atoms with Crippen molar-refractivity contribution in [1.29, 1.82) is 0 Å². The van der Waals surface area contributed by atoms with Crippen LogP contribution in [-0.4, -0.2) is 47.9 Å². The van der Waals surface area contributed by atoms with Gasteiger partial charge in [0.05, 0.1) is 17.7 Å². The van der Waals surface area contributed by atoms with Gasteiger partial charge in [0.25, 0.3) is 0 Å². The summed E-state index contributed by atoms with van der Waals surface area (Å²) in [5.74, 6) is -0.282. The summed E-state index contributed by atoms with van der Waals surface area (Å²) in [6.07, 6.45) is 4.99. The summed E-state index contributed by atoms with van der Waals surface area (Å²) >= 11 is 0. The highest BCUT2D eigenvalue weighted by Crippen LogP contribution is 2.36. The maximum Gasteiger partial charge on any atom is 0.234 e. The van der Waals surface area contributed by atoms with Crippen LogP contribution in [0.4, 0.5) is 0 Å². The fourth-order valence-electron chi connectivity index (χ4n) is 4.36. The molecule has 29 heavy (non-hydrogen) atoms. The zero-order valence-electron chi connectivity index (χ0n) is 16.1. The molecule has 1 atom stereocenters. The monoisotopic (exact) mass is 393 g/mol. The molecule has 0 aliphatic carbocycles. The van der Waals surface area contributed by atoms with E-state index in [1.54, 1.807) is 6.26 Å². The number of piperidine rings is 1. The predicted octanol–water partition coefficient (Wildman–Crippen LogP) is 2.98. The number of benzene rings is 1. The van der Waals surface area contributed by atoms with Crippen LogP contribution in [0.2, 0.25) is 0 Å². The highest BCUT2D eigenvalue weighted by Gasteiger charge is 2.31. The van der Waals surface area contributed by atoms with Crippen LogP contribution in [0.1, 0.15) is 37.2 Å². The minimum Gasteiger partial charge on any atom is -0.476 e. The minimum absolute atomic E-state index is 0.221. The SMILES string of the molecule is O=C1CC[C@H](c2coc3ccc4nc(OCCN5CCCC5)ccc4c23)C(=O)N1. The summed E-state index contributed by atoms with van der Waals surface area (Å²) in [6, 6.07) is 7.62. The molecular formula is C22H23N3O4. The molecule has 2 saturated heterocycles. The van der Waals surface area contributed by atoms with Gasteiger partial charge < -0.3 is 9.15 Å².